The maximum absolute atomic E-state index is 12.2. The minimum atomic E-state index is -0.920. The van der Waals surface area contributed by atoms with Crippen LogP contribution in [0, 0.1) is 0 Å². The van der Waals surface area contributed by atoms with Crippen molar-refractivity contribution in [3.05, 3.63) is 42.0 Å². The van der Waals surface area contributed by atoms with Crippen LogP contribution >= 0.6 is 0 Å². The van der Waals surface area contributed by atoms with Crippen LogP contribution < -0.4 is 24.3 Å². The Morgan fingerprint density at radius 1 is 0.821 bits per heavy atom. The molecule has 0 spiro atoms. The van der Waals surface area contributed by atoms with Crippen molar-refractivity contribution in [2.75, 3.05) is 33.8 Å². The van der Waals surface area contributed by atoms with E-state index < -0.39 is 23.9 Å². The molecule has 8 nitrogen and oxygen atoms in total. The maximum atomic E-state index is 12.2. The lowest BCUT2D eigenvalue weighted by molar-refractivity contribution is -0.134. The lowest BCUT2D eigenvalue weighted by Crippen LogP contribution is -2.25. The molecule has 0 aromatic heterocycles. The summed E-state index contributed by atoms with van der Waals surface area (Å²) in [6.45, 7) is 0. The van der Waals surface area contributed by atoms with Gasteiger partial charge in [0, 0.05) is 23.4 Å². The largest absolute Gasteiger partial charge is 0.497 e. The Balaban J connectivity index is 2.09. The van der Waals surface area contributed by atoms with Crippen molar-refractivity contribution in [3.63, 3.8) is 0 Å². The van der Waals surface area contributed by atoms with Gasteiger partial charge >= 0.3 is 0 Å². The number of benzene rings is 2. The van der Waals surface area contributed by atoms with Crippen molar-refractivity contribution in [2.24, 2.45) is 0 Å². The van der Waals surface area contributed by atoms with Crippen LogP contribution in [0.5, 0.6) is 23.0 Å². The van der Waals surface area contributed by atoms with Crippen molar-refractivity contribution in [1.29, 1.82) is 0 Å². The lowest BCUT2D eigenvalue weighted by Gasteiger charge is -2.14. The molecule has 2 rings (SSSR count). The Labute approximate surface area is 162 Å². The predicted molar refractivity (Wildman–Crippen MR) is 102 cm³/mol. The van der Waals surface area contributed by atoms with Crippen LogP contribution in [0.4, 0.5) is 5.69 Å². The summed E-state index contributed by atoms with van der Waals surface area (Å²) in [6.07, 6.45) is -0.553. The summed E-state index contributed by atoms with van der Waals surface area (Å²) < 4.78 is 20.6. The average Bonchev–Trinajstić information content (AvgIpc) is 2.72. The fourth-order valence-electron chi connectivity index (χ4n) is 2.46. The third-order valence-corrected chi connectivity index (χ3v) is 3.91. The first-order valence-electron chi connectivity index (χ1n) is 8.25. The average molecular weight is 387 g/mol. The van der Waals surface area contributed by atoms with Crippen molar-refractivity contribution in [2.45, 2.75) is 6.42 Å². The lowest BCUT2D eigenvalue weighted by atomic mass is 10.1. The summed E-state index contributed by atoms with van der Waals surface area (Å²) in [6, 6.07) is 9.24. The molecule has 0 saturated heterocycles. The quantitative estimate of drug-likeness (QED) is 0.401. The first kappa shape index (κ1) is 20.8. The molecule has 0 radical (unpaired) electrons. The second kappa shape index (κ2) is 9.40. The van der Waals surface area contributed by atoms with Gasteiger partial charge in [0.2, 0.25) is 11.5 Å². The van der Waals surface area contributed by atoms with Crippen LogP contribution in [0.2, 0.25) is 0 Å². The third kappa shape index (κ3) is 4.79. The minimum Gasteiger partial charge on any atom is -0.497 e. The summed E-state index contributed by atoms with van der Waals surface area (Å²) >= 11 is 0. The van der Waals surface area contributed by atoms with Gasteiger partial charge in [-0.2, -0.15) is 0 Å². The molecule has 1 N–H and O–H groups in total. The highest BCUT2D eigenvalue weighted by atomic mass is 16.5. The zero-order valence-electron chi connectivity index (χ0n) is 16.0. The van der Waals surface area contributed by atoms with Crippen LogP contribution in [-0.2, 0) is 9.59 Å². The zero-order chi connectivity index (χ0) is 20.7. The van der Waals surface area contributed by atoms with E-state index in [2.05, 4.69) is 5.32 Å². The minimum absolute atomic E-state index is 0.268. The van der Waals surface area contributed by atoms with E-state index in [0.717, 1.165) is 0 Å². The molecule has 8 heteroatoms. The number of hydrogen-bond donors (Lipinski definition) is 1. The van der Waals surface area contributed by atoms with Gasteiger partial charge in [0.15, 0.2) is 17.3 Å². The number of ketones is 2. The zero-order valence-corrected chi connectivity index (χ0v) is 16.0. The van der Waals surface area contributed by atoms with Gasteiger partial charge in [-0.25, -0.2) is 0 Å². The smallest absolute Gasteiger partial charge is 0.292 e. The Morgan fingerprint density at radius 2 is 1.39 bits per heavy atom. The summed E-state index contributed by atoms with van der Waals surface area (Å²) in [4.78, 5) is 36.5. The van der Waals surface area contributed by atoms with Crippen molar-refractivity contribution >= 4 is 23.2 Å². The van der Waals surface area contributed by atoms with Gasteiger partial charge < -0.3 is 24.3 Å². The first-order valence-corrected chi connectivity index (χ1v) is 8.25. The summed E-state index contributed by atoms with van der Waals surface area (Å²) in [5, 5.41) is 2.44. The van der Waals surface area contributed by atoms with Gasteiger partial charge in [0.25, 0.3) is 5.91 Å². The molecule has 0 aliphatic heterocycles. The number of carbonyl (C=O) groups is 3. The number of amides is 1. The highest BCUT2D eigenvalue weighted by Crippen LogP contribution is 2.39. The highest BCUT2D eigenvalue weighted by molar-refractivity contribution is 6.44. The van der Waals surface area contributed by atoms with Gasteiger partial charge in [-0.3, -0.25) is 14.4 Å². The van der Waals surface area contributed by atoms with Gasteiger partial charge in [-0.1, -0.05) is 0 Å². The number of carbonyl (C=O) groups excluding carboxylic acids is 3. The molecule has 0 aliphatic rings. The fourth-order valence-corrected chi connectivity index (χ4v) is 2.46. The summed E-state index contributed by atoms with van der Waals surface area (Å²) in [7, 11) is 5.82. The van der Waals surface area contributed by atoms with Crippen LogP contribution in [0.1, 0.15) is 16.8 Å². The Bertz CT molecular complexity index is 850. The molecule has 0 fully saturated rings. The van der Waals surface area contributed by atoms with Crippen molar-refractivity contribution in [1.82, 2.24) is 0 Å². The van der Waals surface area contributed by atoms with Crippen LogP contribution in [0.15, 0.2) is 36.4 Å². The second-order valence-corrected chi connectivity index (χ2v) is 5.62. The Hall–Kier alpha value is -3.55. The Kier molecular flexibility index (Phi) is 6.97. The van der Waals surface area contributed by atoms with Crippen LogP contribution in [-0.4, -0.2) is 45.9 Å². The van der Waals surface area contributed by atoms with Crippen molar-refractivity contribution in [3.8, 4) is 23.0 Å². The molecule has 0 bridgehead atoms. The molecule has 0 aliphatic carbocycles. The topological polar surface area (TPSA) is 100 Å². The highest BCUT2D eigenvalue weighted by Gasteiger charge is 2.21. The first-order chi connectivity index (χ1) is 13.4. The van der Waals surface area contributed by atoms with Crippen LogP contribution in [0.25, 0.3) is 0 Å². The standard InChI is InChI=1S/C20H21NO7/c1-25-14-7-5-12(6-8-14)15(22)11-16(23)20(24)21-13-9-17(26-2)19(28-4)18(10-13)27-3/h5-10H,11H2,1-4H3,(H,21,24). The number of hydrogen-bond acceptors (Lipinski definition) is 7. The molecule has 2 aromatic carbocycles. The summed E-state index contributed by atoms with van der Waals surface area (Å²) in [5.74, 6) is -0.678. The Morgan fingerprint density at radius 3 is 1.86 bits per heavy atom. The second-order valence-electron chi connectivity index (χ2n) is 5.62. The van der Waals surface area contributed by atoms with E-state index in [1.165, 1.54) is 52.7 Å². The maximum Gasteiger partial charge on any atom is 0.292 e. The molecule has 28 heavy (non-hydrogen) atoms. The van der Waals surface area contributed by atoms with Gasteiger partial charge in [-0.05, 0) is 24.3 Å². The molecule has 0 atom stereocenters. The molecule has 148 valence electrons. The number of ether oxygens (including phenoxy) is 4. The number of Topliss-reactive ketones (excluding diaryl/α,β-unsaturated/α-hetero) is 2. The van der Waals surface area contributed by atoms with E-state index in [1.807, 2.05) is 0 Å². The van der Waals surface area contributed by atoms with E-state index in [-0.39, 0.29) is 5.69 Å². The molecule has 0 heterocycles. The SMILES string of the molecule is COc1ccc(C(=O)CC(=O)C(=O)Nc2cc(OC)c(OC)c(OC)c2)cc1. The van der Waals surface area contributed by atoms with E-state index in [9.17, 15) is 14.4 Å². The number of methoxy groups -OCH3 is 4. The van der Waals surface area contributed by atoms with E-state index in [4.69, 9.17) is 18.9 Å². The van der Waals surface area contributed by atoms with E-state index in [0.29, 0.717) is 28.6 Å². The van der Waals surface area contributed by atoms with E-state index >= 15 is 0 Å². The molecular weight excluding hydrogens is 366 g/mol. The summed E-state index contributed by atoms with van der Waals surface area (Å²) in [5.41, 5.74) is 0.583. The van der Waals surface area contributed by atoms with Crippen LogP contribution in [0.3, 0.4) is 0 Å². The van der Waals surface area contributed by atoms with Gasteiger partial charge in [0.05, 0.1) is 34.9 Å². The van der Waals surface area contributed by atoms with Gasteiger partial charge in [0.1, 0.15) is 5.75 Å². The third-order valence-electron chi connectivity index (χ3n) is 3.91. The van der Waals surface area contributed by atoms with Crippen molar-refractivity contribution < 1.29 is 33.3 Å². The number of rotatable bonds is 9. The molecule has 1 amide bonds. The number of anilines is 1. The molecular formula is C20H21NO7. The van der Waals surface area contributed by atoms with E-state index in [1.54, 1.807) is 12.1 Å². The monoisotopic (exact) mass is 387 g/mol. The normalized spacial score (nSPS) is 10.0. The van der Waals surface area contributed by atoms with Gasteiger partial charge in [-0.15, -0.1) is 0 Å². The fraction of sp³-hybridized carbons (Fsp3) is 0.250. The molecule has 0 saturated carbocycles. The number of nitrogens with one attached hydrogen (secondary N) is 1. The molecule has 2 aromatic rings. The predicted octanol–water partition coefficient (Wildman–Crippen LogP) is 2.50. The molecule has 0 unspecified atom stereocenters.